The number of anilines is 1. The summed E-state index contributed by atoms with van der Waals surface area (Å²) < 4.78 is 14.3. The molecule has 1 atom stereocenters. The van der Waals surface area contributed by atoms with Gasteiger partial charge in [0.25, 0.3) is 0 Å². The third-order valence-corrected chi connectivity index (χ3v) is 3.45. The average Bonchev–Trinajstić information content (AvgIpc) is 2.76. The van der Waals surface area contributed by atoms with Crippen molar-refractivity contribution in [2.45, 2.75) is 12.8 Å². The number of halogens is 2. The molecule has 1 aromatic rings. The van der Waals surface area contributed by atoms with Crippen LogP contribution in [0.5, 0.6) is 0 Å². The second-order valence-corrected chi connectivity index (χ2v) is 5.11. The normalized spacial score (nSPS) is 20.0. The molecule has 1 unspecified atom stereocenters. The molecule has 0 spiro atoms. The van der Waals surface area contributed by atoms with Crippen LogP contribution in [0, 0.1) is 11.7 Å². The first-order chi connectivity index (χ1) is 7.75. The van der Waals surface area contributed by atoms with Crippen LogP contribution in [0.1, 0.15) is 12.8 Å². The lowest BCUT2D eigenvalue weighted by Crippen LogP contribution is -2.13. The first-order valence-electron chi connectivity index (χ1n) is 5.65. The van der Waals surface area contributed by atoms with Crippen molar-refractivity contribution in [1.29, 1.82) is 0 Å². The van der Waals surface area contributed by atoms with E-state index in [1.165, 1.54) is 12.5 Å². The number of rotatable bonds is 4. The SMILES string of the molecule is Fc1ccc(Br)cc1NCCC1CCNC1. The highest BCUT2D eigenvalue weighted by molar-refractivity contribution is 9.10. The van der Waals surface area contributed by atoms with Crippen LogP contribution in [0.25, 0.3) is 0 Å². The van der Waals surface area contributed by atoms with Gasteiger partial charge in [-0.3, -0.25) is 0 Å². The molecule has 2 nitrogen and oxygen atoms in total. The van der Waals surface area contributed by atoms with Crippen LogP contribution in [-0.2, 0) is 0 Å². The van der Waals surface area contributed by atoms with Gasteiger partial charge >= 0.3 is 0 Å². The molecule has 0 saturated carbocycles. The standard InChI is InChI=1S/C12H16BrFN2/c13-10-1-2-11(14)12(7-10)16-6-4-9-3-5-15-8-9/h1-2,7,9,15-16H,3-6,8H2. The fourth-order valence-corrected chi connectivity index (χ4v) is 2.37. The van der Waals surface area contributed by atoms with Crippen LogP contribution >= 0.6 is 15.9 Å². The first kappa shape index (κ1) is 11.9. The van der Waals surface area contributed by atoms with Crippen LogP contribution in [-0.4, -0.2) is 19.6 Å². The van der Waals surface area contributed by atoms with E-state index in [4.69, 9.17) is 0 Å². The third kappa shape index (κ3) is 3.19. The van der Waals surface area contributed by atoms with Crippen molar-refractivity contribution in [1.82, 2.24) is 5.32 Å². The lowest BCUT2D eigenvalue weighted by molar-refractivity contribution is 0.547. The van der Waals surface area contributed by atoms with Crippen molar-refractivity contribution in [3.63, 3.8) is 0 Å². The van der Waals surface area contributed by atoms with E-state index in [0.717, 1.165) is 36.4 Å². The summed E-state index contributed by atoms with van der Waals surface area (Å²) in [6.45, 7) is 3.05. The van der Waals surface area contributed by atoms with Crippen LogP contribution in [0.4, 0.5) is 10.1 Å². The molecule has 0 aromatic heterocycles. The van der Waals surface area contributed by atoms with Gasteiger partial charge < -0.3 is 10.6 Å². The summed E-state index contributed by atoms with van der Waals surface area (Å²) in [6.07, 6.45) is 2.33. The van der Waals surface area contributed by atoms with Crippen molar-refractivity contribution < 1.29 is 4.39 Å². The van der Waals surface area contributed by atoms with Gasteiger partial charge in [0.05, 0.1) is 5.69 Å². The molecule has 0 amide bonds. The Labute approximate surface area is 104 Å². The van der Waals surface area contributed by atoms with Gasteiger partial charge in [-0.25, -0.2) is 4.39 Å². The lowest BCUT2D eigenvalue weighted by atomic mass is 10.1. The molecule has 0 bridgehead atoms. The van der Waals surface area contributed by atoms with Gasteiger partial charge in [0.2, 0.25) is 0 Å². The van der Waals surface area contributed by atoms with Crippen molar-refractivity contribution in [3.8, 4) is 0 Å². The minimum atomic E-state index is -0.187. The summed E-state index contributed by atoms with van der Waals surface area (Å²) in [6, 6.07) is 4.97. The molecule has 1 aliphatic rings. The molecule has 1 fully saturated rings. The maximum absolute atomic E-state index is 13.4. The smallest absolute Gasteiger partial charge is 0.146 e. The average molecular weight is 287 g/mol. The highest BCUT2D eigenvalue weighted by atomic mass is 79.9. The van der Waals surface area contributed by atoms with Gasteiger partial charge in [0.15, 0.2) is 0 Å². The van der Waals surface area contributed by atoms with Crippen molar-refractivity contribution in [2.75, 3.05) is 25.0 Å². The molecule has 88 valence electrons. The Morgan fingerprint density at radius 3 is 3.12 bits per heavy atom. The van der Waals surface area contributed by atoms with E-state index in [9.17, 15) is 4.39 Å². The second-order valence-electron chi connectivity index (χ2n) is 4.20. The topological polar surface area (TPSA) is 24.1 Å². The second kappa shape index (κ2) is 5.64. The Bertz CT molecular complexity index is 351. The van der Waals surface area contributed by atoms with Crippen LogP contribution in [0.2, 0.25) is 0 Å². The van der Waals surface area contributed by atoms with Gasteiger partial charge in [-0.15, -0.1) is 0 Å². The zero-order valence-electron chi connectivity index (χ0n) is 9.10. The lowest BCUT2D eigenvalue weighted by Gasteiger charge is -2.11. The highest BCUT2D eigenvalue weighted by Crippen LogP contribution is 2.20. The van der Waals surface area contributed by atoms with E-state index >= 15 is 0 Å². The minimum Gasteiger partial charge on any atom is -0.383 e. The molecule has 2 N–H and O–H groups in total. The Balaban J connectivity index is 1.82. The summed E-state index contributed by atoms with van der Waals surface area (Å²) in [5.74, 6) is 0.551. The fourth-order valence-electron chi connectivity index (χ4n) is 2.00. The van der Waals surface area contributed by atoms with Crippen LogP contribution in [0.3, 0.4) is 0 Å². The Hall–Kier alpha value is -0.610. The van der Waals surface area contributed by atoms with E-state index in [2.05, 4.69) is 26.6 Å². The molecular formula is C12H16BrFN2. The van der Waals surface area contributed by atoms with E-state index in [1.807, 2.05) is 0 Å². The van der Waals surface area contributed by atoms with Gasteiger partial charge in [-0.1, -0.05) is 15.9 Å². The van der Waals surface area contributed by atoms with E-state index in [0.29, 0.717) is 5.69 Å². The summed E-state index contributed by atoms with van der Waals surface area (Å²) in [4.78, 5) is 0. The number of benzene rings is 1. The molecule has 0 radical (unpaired) electrons. The molecule has 4 heteroatoms. The van der Waals surface area contributed by atoms with Crippen molar-refractivity contribution in [3.05, 3.63) is 28.5 Å². The Morgan fingerprint density at radius 1 is 1.50 bits per heavy atom. The summed E-state index contributed by atoms with van der Waals surface area (Å²) in [7, 11) is 0. The fraction of sp³-hybridized carbons (Fsp3) is 0.500. The van der Waals surface area contributed by atoms with E-state index in [1.54, 1.807) is 12.1 Å². The quantitative estimate of drug-likeness (QED) is 0.889. The molecule has 2 rings (SSSR count). The van der Waals surface area contributed by atoms with Crippen molar-refractivity contribution in [2.24, 2.45) is 5.92 Å². The van der Waals surface area contributed by atoms with Gasteiger partial charge in [0.1, 0.15) is 5.82 Å². The molecule has 0 aliphatic carbocycles. The number of nitrogens with one attached hydrogen (secondary N) is 2. The summed E-state index contributed by atoms with van der Waals surface area (Å²) >= 11 is 3.34. The molecule has 1 heterocycles. The predicted octanol–water partition coefficient (Wildman–Crippen LogP) is 3.00. The Morgan fingerprint density at radius 2 is 2.38 bits per heavy atom. The van der Waals surface area contributed by atoms with Gasteiger partial charge in [-0.2, -0.15) is 0 Å². The van der Waals surface area contributed by atoms with E-state index < -0.39 is 0 Å². The van der Waals surface area contributed by atoms with Crippen molar-refractivity contribution >= 4 is 21.6 Å². The zero-order valence-corrected chi connectivity index (χ0v) is 10.7. The molecular weight excluding hydrogens is 271 g/mol. The minimum absolute atomic E-state index is 0.187. The Kier molecular flexibility index (Phi) is 4.18. The van der Waals surface area contributed by atoms with E-state index in [-0.39, 0.29) is 5.82 Å². The van der Waals surface area contributed by atoms with Crippen LogP contribution < -0.4 is 10.6 Å². The summed E-state index contributed by atoms with van der Waals surface area (Å²) in [5.41, 5.74) is 0.584. The molecule has 1 saturated heterocycles. The van der Waals surface area contributed by atoms with Gasteiger partial charge in [0, 0.05) is 11.0 Å². The first-order valence-corrected chi connectivity index (χ1v) is 6.44. The molecule has 16 heavy (non-hydrogen) atoms. The zero-order chi connectivity index (χ0) is 11.4. The molecule has 1 aromatic carbocycles. The third-order valence-electron chi connectivity index (χ3n) is 2.96. The van der Waals surface area contributed by atoms with Gasteiger partial charge in [-0.05, 0) is 50.0 Å². The largest absolute Gasteiger partial charge is 0.383 e. The molecule has 1 aliphatic heterocycles. The number of hydrogen-bond donors (Lipinski definition) is 2. The predicted molar refractivity (Wildman–Crippen MR) is 68.2 cm³/mol. The monoisotopic (exact) mass is 286 g/mol. The summed E-state index contributed by atoms with van der Waals surface area (Å²) in [5, 5.41) is 6.48. The maximum atomic E-state index is 13.4. The highest BCUT2D eigenvalue weighted by Gasteiger charge is 2.13. The maximum Gasteiger partial charge on any atom is 0.146 e. The number of hydrogen-bond acceptors (Lipinski definition) is 2. The van der Waals surface area contributed by atoms with Crippen LogP contribution in [0.15, 0.2) is 22.7 Å².